The van der Waals surface area contributed by atoms with Crippen molar-refractivity contribution in [2.24, 2.45) is 0 Å². The molecule has 7 heteroatoms. The van der Waals surface area contributed by atoms with E-state index in [0.29, 0.717) is 31.5 Å². The summed E-state index contributed by atoms with van der Waals surface area (Å²) in [7, 11) is -1.84. The first-order chi connectivity index (χ1) is 10.4. The number of benzene rings is 1. The molecule has 0 aromatic heterocycles. The largest absolute Gasteiger partial charge is 0.343 e. The number of rotatable bonds is 3. The Hall–Kier alpha value is -1.91. The molecule has 0 unspecified atom stereocenters. The first kappa shape index (κ1) is 16.5. The molecule has 1 heterocycles. The maximum Gasteiger partial charge on any atom is 0.243 e. The van der Waals surface area contributed by atoms with Crippen molar-refractivity contribution in [2.45, 2.75) is 30.7 Å². The number of carbonyl (C=O) groups is 1. The molecule has 6 nitrogen and oxygen atoms in total. The lowest BCUT2D eigenvalue weighted by molar-refractivity contribution is -0.130. The Balaban J connectivity index is 2.13. The Morgan fingerprint density at radius 3 is 2.55 bits per heavy atom. The van der Waals surface area contributed by atoms with Crippen LogP contribution in [0.2, 0.25) is 0 Å². The quantitative estimate of drug-likeness (QED) is 0.837. The summed E-state index contributed by atoms with van der Waals surface area (Å²) in [6, 6.07) is 8.07. The molecule has 1 aliphatic heterocycles. The fraction of sp³-hybridized carbons (Fsp3) is 0.467. The number of amides is 1. The Labute approximate surface area is 131 Å². The van der Waals surface area contributed by atoms with Gasteiger partial charge in [0.25, 0.3) is 0 Å². The van der Waals surface area contributed by atoms with Crippen molar-refractivity contribution in [3.63, 3.8) is 0 Å². The second kappa shape index (κ2) is 6.46. The van der Waals surface area contributed by atoms with Crippen molar-refractivity contribution < 1.29 is 13.2 Å². The average molecular weight is 321 g/mol. The summed E-state index contributed by atoms with van der Waals surface area (Å²) in [6.45, 7) is 2.26. The van der Waals surface area contributed by atoms with Crippen LogP contribution in [0.3, 0.4) is 0 Å². The minimum atomic E-state index is -3.59. The van der Waals surface area contributed by atoms with E-state index in [4.69, 9.17) is 5.26 Å². The minimum absolute atomic E-state index is 0.0111. The van der Waals surface area contributed by atoms with Gasteiger partial charge in [0.1, 0.15) is 0 Å². The van der Waals surface area contributed by atoms with Crippen LogP contribution in [0.15, 0.2) is 29.2 Å². The van der Waals surface area contributed by atoms with E-state index in [1.165, 1.54) is 23.4 Å². The van der Waals surface area contributed by atoms with Gasteiger partial charge >= 0.3 is 0 Å². The van der Waals surface area contributed by atoms with Crippen LogP contribution in [0.1, 0.15) is 25.3 Å². The summed E-state index contributed by atoms with van der Waals surface area (Å²) in [5.74, 6) is -0.0111. The second-order valence-electron chi connectivity index (χ2n) is 5.40. The highest BCUT2D eigenvalue weighted by Gasteiger charge is 2.31. The zero-order valence-corrected chi connectivity index (χ0v) is 13.5. The van der Waals surface area contributed by atoms with E-state index in [0.717, 1.165) is 0 Å². The highest BCUT2D eigenvalue weighted by atomic mass is 32.2. The van der Waals surface area contributed by atoms with Gasteiger partial charge in [-0.15, -0.1) is 0 Å². The van der Waals surface area contributed by atoms with E-state index in [9.17, 15) is 13.2 Å². The molecule has 118 valence electrons. The highest BCUT2D eigenvalue weighted by Crippen LogP contribution is 2.23. The average Bonchev–Trinajstić information content (AvgIpc) is 2.54. The molecule has 1 aliphatic rings. The molecule has 1 saturated heterocycles. The Bertz CT molecular complexity index is 701. The third kappa shape index (κ3) is 3.29. The van der Waals surface area contributed by atoms with Gasteiger partial charge in [-0.05, 0) is 31.0 Å². The predicted octanol–water partition coefficient (Wildman–Crippen LogP) is 1.19. The van der Waals surface area contributed by atoms with Crippen molar-refractivity contribution in [1.82, 2.24) is 9.21 Å². The predicted molar refractivity (Wildman–Crippen MR) is 81.4 cm³/mol. The molecular weight excluding hydrogens is 302 g/mol. The lowest BCUT2D eigenvalue weighted by atomic mass is 10.1. The molecule has 0 radical (unpaired) electrons. The molecule has 1 aromatic carbocycles. The lowest BCUT2D eigenvalue weighted by Gasteiger charge is -2.35. The number of nitriles is 1. The summed E-state index contributed by atoms with van der Waals surface area (Å²) in [5, 5.41) is 8.89. The van der Waals surface area contributed by atoms with Crippen LogP contribution in [0, 0.1) is 11.3 Å². The molecule has 22 heavy (non-hydrogen) atoms. The number of hydrogen-bond donors (Lipinski definition) is 0. The van der Waals surface area contributed by atoms with Gasteiger partial charge in [-0.3, -0.25) is 4.79 Å². The number of hydrogen-bond acceptors (Lipinski definition) is 4. The van der Waals surface area contributed by atoms with Gasteiger partial charge in [0.15, 0.2) is 0 Å². The van der Waals surface area contributed by atoms with Crippen LogP contribution in [0.4, 0.5) is 0 Å². The van der Waals surface area contributed by atoms with Crippen molar-refractivity contribution in [2.75, 3.05) is 20.1 Å². The zero-order chi connectivity index (χ0) is 16.3. The van der Waals surface area contributed by atoms with Gasteiger partial charge in [-0.1, -0.05) is 6.07 Å². The number of piperidine rings is 1. The fourth-order valence-corrected chi connectivity index (χ4v) is 4.12. The summed E-state index contributed by atoms with van der Waals surface area (Å²) in [5.41, 5.74) is 0.326. The van der Waals surface area contributed by atoms with E-state index in [-0.39, 0.29) is 16.8 Å². The van der Waals surface area contributed by atoms with E-state index < -0.39 is 10.0 Å². The molecule has 0 bridgehead atoms. The van der Waals surface area contributed by atoms with E-state index in [1.807, 2.05) is 6.07 Å². The monoisotopic (exact) mass is 321 g/mol. The van der Waals surface area contributed by atoms with Crippen LogP contribution in [-0.2, 0) is 14.8 Å². The molecule has 1 amide bonds. The first-order valence-corrected chi connectivity index (χ1v) is 8.54. The smallest absolute Gasteiger partial charge is 0.243 e. The Morgan fingerprint density at radius 1 is 1.36 bits per heavy atom. The van der Waals surface area contributed by atoms with E-state index in [2.05, 4.69) is 0 Å². The molecule has 0 N–H and O–H groups in total. The third-order valence-corrected chi connectivity index (χ3v) is 5.96. The van der Waals surface area contributed by atoms with Gasteiger partial charge in [0, 0.05) is 33.1 Å². The van der Waals surface area contributed by atoms with Gasteiger partial charge < -0.3 is 4.90 Å². The lowest BCUT2D eigenvalue weighted by Crippen LogP contribution is -2.46. The van der Waals surface area contributed by atoms with Gasteiger partial charge in [0.2, 0.25) is 15.9 Å². The van der Waals surface area contributed by atoms with E-state index in [1.54, 1.807) is 24.1 Å². The summed E-state index contributed by atoms with van der Waals surface area (Å²) >= 11 is 0. The number of sulfonamides is 1. The molecule has 2 rings (SSSR count). The molecule has 1 aromatic rings. The van der Waals surface area contributed by atoms with Crippen LogP contribution >= 0.6 is 0 Å². The van der Waals surface area contributed by atoms with Crippen LogP contribution in [0.5, 0.6) is 0 Å². The van der Waals surface area contributed by atoms with Gasteiger partial charge in [-0.25, -0.2) is 8.42 Å². The van der Waals surface area contributed by atoms with Crippen molar-refractivity contribution in [3.8, 4) is 6.07 Å². The summed E-state index contributed by atoms with van der Waals surface area (Å²) < 4.78 is 26.6. The van der Waals surface area contributed by atoms with Crippen LogP contribution < -0.4 is 0 Å². The highest BCUT2D eigenvalue weighted by molar-refractivity contribution is 7.89. The standard InChI is InChI=1S/C15H19N3O3S/c1-12(19)17(2)14-6-8-18(9-7-14)22(20,21)15-5-3-4-13(10-15)11-16/h3-5,10,14H,6-9H2,1-2H3. The Kier molecular flexibility index (Phi) is 4.84. The molecule has 0 spiro atoms. The topological polar surface area (TPSA) is 81.5 Å². The molecule has 0 atom stereocenters. The molecule has 0 saturated carbocycles. The fourth-order valence-electron chi connectivity index (χ4n) is 2.60. The SMILES string of the molecule is CC(=O)N(C)C1CCN(S(=O)(=O)c2cccc(C#N)c2)CC1. The van der Waals surface area contributed by atoms with Crippen LogP contribution in [-0.4, -0.2) is 49.7 Å². The van der Waals surface area contributed by atoms with Gasteiger partial charge in [-0.2, -0.15) is 9.57 Å². The first-order valence-electron chi connectivity index (χ1n) is 7.10. The van der Waals surface area contributed by atoms with Crippen molar-refractivity contribution in [3.05, 3.63) is 29.8 Å². The van der Waals surface area contributed by atoms with Crippen LogP contribution in [0.25, 0.3) is 0 Å². The van der Waals surface area contributed by atoms with Crippen molar-refractivity contribution in [1.29, 1.82) is 5.26 Å². The Morgan fingerprint density at radius 2 is 2.00 bits per heavy atom. The maximum atomic E-state index is 12.6. The minimum Gasteiger partial charge on any atom is -0.343 e. The molecule has 1 fully saturated rings. The summed E-state index contributed by atoms with van der Waals surface area (Å²) in [4.78, 5) is 13.2. The molecular formula is C15H19N3O3S. The normalized spacial score (nSPS) is 17.0. The number of nitrogens with zero attached hydrogens (tertiary/aromatic N) is 3. The number of carbonyl (C=O) groups excluding carboxylic acids is 1. The third-order valence-electron chi connectivity index (χ3n) is 4.07. The summed E-state index contributed by atoms with van der Waals surface area (Å²) in [6.07, 6.45) is 1.24. The molecule has 0 aliphatic carbocycles. The van der Waals surface area contributed by atoms with Crippen molar-refractivity contribution >= 4 is 15.9 Å². The maximum absolute atomic E-state index is 12.6. The zero-order valence-electron chi connectivity index (χ0n) is 12.7. The second-order valence-corrected chi connectivity index (χ2v) is 7.34. The van der Waals surface area contributed by atoms with E-state index >= 15 is 0 Å². The van der Waals surface area contributed by atoms with Gasteiger partial charge in [0.05, 0.1) is 16.5 Å².